The molecular formula is C25H19NO6. The molecule has 2 aliphatic rings. The first kappa shape index (κ1) is 19.7. The predicted molar refractivity (Wildman–Crippen MR) is 117 cm³/mol. The number of Topliss-reactive ketones (excluding diaryl/α,β-unsaturated/α-hetero) is 1. The maximum Gasteiger partial charge on any atom is 0.300 e. The van der Waals surface area contributed by atoms with E-state index in [4.69, 9.17) is 14.2 Å². The van der Waals surface area contributed by atoms with E-state index in [-0.39, 0.29) is 18.1 Å². The number of ether oxygens (including phenoxy) is 3. The van der Waals surface area contributed by atoms with Gasteiger partial charge in [-0.2, -0.15) is 0 Å². The van der Waals surface area contributed by atoms with Crippen LogP contribution in [0.4, 0.5) is 5.69 Å². The number of fused-ring (bicyclic) bond motifs is 1. The zero-order valence-corrected chi connectivity index (χ0v) is 17.1. The molecule has 0 bridgehead atoms. The first-order chi connectivity index (χ1) is 15.6. The van der Waals surface area contributed by atoms with Crippen LogP contribution in [0.1, 0.15) is 17.2 Å². The molecule has 2 heterocycles. The number of methoxy groups -OCH3 is 1. The molecule has 3 aromatic carbocycles. The number of carbonyl (C=O) groups is 2. The zero-order valence-electron chi connectivity index (χ0n) is 17.1. The maximum absolute atomic E-state index is 13.2. The van der Waals surface area contributed by atoms with Crippen LogP contribution in [0.2, 0.25) is 0 Å². The van der Waals surface area contributed by atoms with Crippen LogP contribution >= 0.6 is 0 Å². The van der Waals surface area contributed by atoms with Gasteiger partial charge in [0.05, 0.1) is 18.7 Å². The molecular weight excluding hydrogens is 410 g/mol. The van der Waals surface area contributed by atoms with Gasteiger partial charge in [0.2, 0.25) is 6.79 Å². The molecule has 1 N–H and O–H groups in total. The van der Waals surface area contributed by atoms with E-state index in [1.165, 1.54) is 4.90 Å². The normalized spacial score (nSPS) is 18.8. The lowest BCUT2D eigenvalue weighted by molar-refractivity contribution is -0.132. The molecule has 0 radical (unpaired) electrons. The summed E-state index contributed by atoms with van der Waals surface area (Å²) in [7, 11) is 1.56. The van der Waals surface area contributed by atoms with Gasteiger partial charge in [0.25, 0.3) is 11.7 Å². The van der Waals surface area contributed by atoms with Crippen LogP contribution in [0.25, 0.3) is 5.76 Å². The second-order valence-corrected chi connectivity index (χ2v) is 7.35. The van der Waals surface area contributed by atoms with E-state index in [0.29, 0.717) is 34.1 Å². The van der Waals surface area contributed by atoms with Crippen LogP contribution in [0.5, 0.6) is 17.2 Å². The highest BCUT2D eigenvalue weighted by Gasteiger charge is 2.47. The first-order valence-corrected chi connectivity index (χ1v) is 9.98. The molecule has 2 aliphatic heterocycles. The van der Waals surface area contributed by atoms with Crippen LogP contribution < -0.4 is 19.1 Å². The summed E-state index contributed by atoms with van der Waals surface area (Å²) < 4.78 is 16.0. The van der Waals surface area contributed by atoms with E-state index in [9.17, 15) is 14.7 Å². The van der Waals surface area contributed by atoms with Crippen molar-refractivity contribution < 1.29 is 28.9 Å². The van der Waals surface area contributed by atoms with E-state index in [1.807, 2.05) is 6.07 Å². The van der Waals surface area contributed by atoms with Gasteiger partial charge < -0.3 is 19.3 Å². The van der Waals surface area contributed by atoms with Gasteiger partial charge in [0.15, 0.2) is 11.5 Å². The maximum atomic E-state index is 13.2. The van der Waals surface area contributed by atoms with Gasteiger partial charge in [-0.3, -0.25) is 14.5 Å². The third kappa shape index (κ3) is 3.15. The van der Waals surface area contributed by atoms with Crippen LogP contribution in [0.15, 0.2) is 78.4 Å². The third-order valence-corrected chi connectivity index (χ3v) is 5.56. The van der Waals surface area contributed by atoms with Crippen molar-refractivity contribution in [3.8, 4) is 17.2 Å². The summed E-state index contributed by atoms with van der Waals surface area (Å²) in [5.41, 5.74) is 1.58. The molecule has 7 nitrogen and oxygen atoms in total. The Morgan fingerprint density at radius 3 is 2.41 bits per heavy atom. The summed E-state index contributed by atoms with van der Waals surface area (Å²) >= 11 is 0. The highest BCUT2D eigenvalue weighted by molar-refractivity contribution is 6.51. The molecule has 0 spiro atoms. The van der Waals surface area contributed by atoms with Crippen molar-refractivity contribution >= 4 is 23.1 Å². The van der Waals surface area contributed by atoms with Crippen LogP contribution in [-0.4, -0.2) is 30.7 Å². The van der Waals surface area contributed by atoms with Gasteiger partial charge in [0, 0.05) is 11.3 Å². The molecule has 7 heteroatoms. The van der Waals surface area contributed by atoms with Gasteiger partial charge in [-0.05, 0) is 48.0 Å². The van der Waals surface area contributed by atoms with Crippen LogP contribution in [0, 0.1) is 0 Å². The summed E-state index contributed by atoms with van der Waals surface area (Å²) in [6.07, 6.45) is 0. The van der Waals surface area contributed by atoms with Crippen molar-refractivity contribution in [2.75, 3.05) is 18.8 Å². The number of carbonyl (C=O) groups excluding carboxylic acids is 2. The van der Waals surface area contributed by atoms with Crippen molar-refractivity contribution in [1.29, 1.82) is 0 Å². The van der Waals surface area contributed by atoms with Crippen molar-refractivity contribution in [2.24, 2.45) is 0 Å². The summed E-state index contributed by atoms with van der Waals surface area (Å²) in [6, 6.07) is 20.0. The molecule has 32 heavy (non-hydrogen) atoms. The number of para-hydroxylation sites is 1. The third-order valence-electron chi connectivity index (χ3n) is 5.56. The Labute approximate surface area is 184 Å². The molecule has 160 valence electrons. The van der Waals surface area contributed by atoms with Gasteiger partial charge in [-0.1, -0.05) is 30.3 Å². The minimum atomic E-state index is -0.811. The van der Waals surface area contributed by atoms with E-state index < -0.39 is 17.7 Å². The molecule has 0 aliphatic carbocycles. The van der Waals surface area contributed by atoms with Gasteiger partial charge in [-0.15, -0.1) is 0 Å². The molecule has 1 unspecified atom stereocenters. The lowest BCUT2D eigenvalue weighted by Gasteiger charge is -2.25. The number of hydrogen-bond acceptors (Lipinski definition) is 6. The molecule has 0 aromatic heterocycles. The number of nitrogens with zero attached hydrogens (tertiary/aromatic N) is 1. The Kier molecular flexibility index (Phi) is 4.78. The fraction of sp³-hybridized carbons (Fsp3) is 0.120. The van der Waals surface area contributed by atoms with Gasteiger partial charge >= 0.3 is 0 Å². The zero-order chi connectivity index (χ0) is 22.2. The largest absolute Gasteiger partial charge is 0.507 e. The summed E-state index contributed by atoms with van der Waals surface area (Å²) in [6.45, 7) is 0.0871. The average Bonchev–Trinajstić information content (AvgIpc) is 3.41. The highest BCUT2D eigenvalue weighted by Crippen LogP contribution is 2.43. The topological polar surface area (TPSA) is 85.3 Å². The number of aliphatic hydroxyl groups is 1. The minimum Gasteiger partial charge on any atom is -0.507 e. The van der Waals surface area contributed by atoms with Crippen LogP contribution in [-0.2, 0) is 9.59 Å². The Hall–Kier alpha value is -4.26. The number of amides is 1. The highest BCUT2D eigenvalue weighted by atomic mass is 16.7. The predicted octanol–water partition coefficient (Wildman–Crippen LogP) is 4.05. The minimum absolute atomic E-state index is 0.00267. The van der Waals surface area contributed by atoms with E-state index in [2.05, 4.69) is 0 Å². The smallest absolute Gasteiger partial charge is 0.300 e. The molecule has 0 saturated carbocycles. The lowest BCUT2D eigenvalue weighted by atomic mass is 9.95. The number of aliphatic hydroxyl groups excluding tert-OH is 1. The first-order valence-electron chi connectivity index (χ1n) is 9.98. The number of rotatable bonds is 4. The summed E-state index contributed by atoms with van der Waals surface area (Å²) in [5.74, 6) is -0.0865. The summed E-state index contributed by atoms with van der Waals surface area (Å²) in [4.78, 5) is 27.7. The Balaban J connectivity index is 1.69. The number of ketones is 1. The molecule has 5 rings (SSSR count). The Bertz CT molecular complexity index is 1230. The SMILES string of the molecule is COc1ccc(C2/C(=C(/O)c3ccc4c(c3)OCO4)C(=O)C(=O)N2c2ccccc2)cc1. The fourth-order valence-corrected chi connectivity index (χ4v) is 3.99. The van der Waals surface area contributed by atoms with E-state index >= 15 is 0 Å². The van der Waals surface area contributed by atoms with Crippen LogP contribution in [0.3, 0.4) is 0 Å². The van der Waals surface area contributed by atoms with E-state index in [1.54, 1.807) is 73.8 Å². The lowest BCUT2D eigenvalue weighted by Crippen LogP contribution is -2.29. The Morgan fingerprint density at radius 1 is 0.969 bits per heavy atom. The molecule has 1 fully saturated rings. The van der Waals surface area contributed by atoms with E-state index in [0.717, 1.165) is 0 Å². The second kappa shape index (κ2) is 7.77. The number of hydrogen-bond donors (Lipinski definition) is 1. The summed E-state index contributed by atoms with van der Waals surface area (Å²) in [5, 5.41) is 11.2. The molecule has 3 aromatic rings. The van der Waals surface area contributed by atoms with Gasteiger partial charge in [-0.25, -0.2) is 0 Å². The number of anilines is 1. The second-order valence-electron chi connectivity index (χ2n) is 7.35. The van der Waals surface area contributed by atoms with Gasteiger partial charge in [0.1, 0.15) is 11.5 Å². The fourth-order valence-electron chi connectivity index (χ4n) is 3.99. The van der Waals surface area contributed by atoms with Crippen molar-refractivity contribution in [2.45, 2.75) is 6.04 Å². The molecule has 1 atom stereocenters. The number of benzene rings is 3. The van der Waals surface area contributed by atoms with Crippen molar-refractivity contribution in [1.82, 2.24) is 0 Å². The van der Waals surface area contributed by atoms with Crippen molar-refractivity contribution in [3.63, 3.8) is 0 Å². The monoisotopic (exact) mass is 429 g/mol. The standard InChI is InChI=1S/C25H19NO6/c1-30-18-10-7-15(8-11-18)22-21(23(27)16-9-12-19-20(13-16)32-14-31-19)24(28)25(29)26(22)17-5-3-2-4-6-17/h2-13,22,27H,14H2,1H3/b23-21-. The Morgan fingerprint density at radius 2 is 1.69 bits per heavy atom. The quantitative estimate of drug-likeness (QED) is 0.383. The van der Waals surface area contributed by atoms with Crippen molar-refractivity contribution in [3.05, 3.63) is 89.5 Å². The molecule has 1 saturated heterocycles. The molecule has 1 amide bonds. The average molecular weight is 429 g/mol.